The van der Waals surface area contributed by atoms with Crippen LogP contribution >= 0.6 is 11.6 Å². The van der Waals surface area contributed by atoms with E-state index in [1.165, 1.54) is 30.3 Å². The molecule has 0 unspecified atom stereocenters. The summed E-state index contributed by atoms with van der Waals surface area (Å²) in [5.74, 6) is -1.80. The van der Waals surface area contributed by atoms with E-state index < -0.39 is 17.5 Å². The lowest BCUT2D eigenvalue weighted by molar-refractivity contribution is 0.102. The normalized spacial score (nSPS) is 10.3. The van der Waals surface area contributed by atoms with E-state index in [4.69, 9.17) is 11.6 Å². The van der Waals surface area contributed by atoms with Gasteiger partial charge in [0.1, 0.15) is 5.82 Å². The highest BCUT2D eigenvalue weighted by Gasteiger charge is 2.12. The van der Waals surface area contributed by atoms with Gasteiger partial charge in [-0.3, -0.25) is 4.79 Å². The highest BCUT2D eigenvalue weighted by Crippen LogP contribution is 2.22. The zero-order chi connectivity index (χ0) is 14.0. The molecule has 0 fully saturated rings. The van der Waals surface area contributed by atoms with Gasteiger partial charge >= 0.3 is 0 Å². The molecule has 98 valence electrons. The quantitative estimate of drug-likeness (QED) is 0.879. The van der Waals surface area contributed by atoms with Gasteiger partial charge in [-0.25, -0.2) is 8.78 Å². The van der Waals surface area contributed by atoms with Crippen LogP contribution in [0.25, 0.3) is 0 Å². The van der Waals surface area contributed by atoms with Gasteiger partial charge in [-0.1, -0.05) is 23.7 Å². The summed E-state index contributed by atoms with van der Waals surface area (Å²) >= 11 is 5.60. The minimum absolute atomic E-state index is 0.0431. The molecule has 2 aromatic rings. The van der Waals surface area contributed by atoms with Crippen molar-refractivity contribution in [1.29, 1.82) is 0 Å². The number of amides is 1. The number of nitrogens with one attached hydrogen (secondary N) is 1. The molecule has 0 bridgehead atoms. The van der Waals surface area contributed by atoms with Gasteiger partial charge in [0.15, 0.2) is 5.82 Å². The van der Waals surface area contributed by atoms with E-state index in [1.807, 2.05) is 0 Å². The number of rotatable bonds is 2. The van der Waals surface area contributed by atoms with Crippen molar-refractivity contribution < 1.29 is 13.6 Å². The van der Waals surface area contributed by atoms with Crippen LogP contribution in [0.5, 0.6) is 0 Å². The second-order valence-electron chi connectivity index (χ2n) is 4.02. The Balaban J connectivity index is 2.26. The number of carbonyl (C=O) groups excluding carboxylic acids is 1. The molecule has 1 amide bonds. The Morgan fingerprint density at radius 3 is 2.63 bits per heavy atom. The molecule has 0 saturated heterocycles. The molecule has 0 atom stereocenters. The van der Waals surface area contributed by atoms with Crippen molar-refractivity contribution >= 4 is 23.2 Å². The smallest absolute Gasteiger partial charge is 0.255 e. The summed E-state index contributed by atoms with van der Waals surface area (Å²) in [7, 11) is 0. The summed E-state index contributed by atoms with van der Waals surface area (Å²) in [6.45, 7) is 1.59. The number of benzene rings is 2. The van der Waals surface area contributed by atoms with Crippen LogP contribution in [-0.4, -0.2) is 5.91 Å². The van der Waals surface area contributed by atoms with Crippen molar-refractivity contribution in [3.63, 3.8) is 0 Å². The first-order valence-corrected chi connectivity index (χ1v) is 5.88. The van der Waals surface area contributed by atoms with Crippen molar-refractivity contribution in [3.8, 4) is 0 Å². The Kier molecular flexibility index (Phi) is 3.81. The highest BCUT2D eigenvalue weighted by molar-refractivity contribution is 6.31. The SMILES string of the molecule is Cc1ccc(C(=O)Nc2cccc(Cl)c2F)cc1F. The van der Waals surface area contributed by atoms with E-state index in [1.54, 1.807) is 6.92 Å². The molecule has 5 heteroatoms. The predicted octanol–water partition coefficient (Wildman–Crippen LogP) is 4.18. The molecule has 0 aliphatic rings. The third-order valence-corrected chi connectivity index (χ3v) is 2.93. The lowest BCUT2D eigenvalue weighted by atomic mass is 10.1. The topological polar surface area (TPSA) is 29.1 Å². The van der Waals surface area contributed by atoms with E-state index in [0.29, 0.717) is 5.56 Å². The Hall–Kier alpha value is -1.94. The second kappa shape index (κ2) is 5.36. The highest BCUT2D eigenvalue weighted by atomic mass is 35.5. The van der Waals surface area contributed by atoms with Crippen molar-refractivity contribution in [2.24, 2.45) is 0 Å². The molecule has 2 aromatic carbocycles. The molecule has 0 spiro atoms. The van der Waals surface area contributed by atoms with Gasteiger partial charge in [0.05, 0.1) is 10.7 Å². The van der Waals surface area contributed by atoms with Crippen molar-refractivity contribution in [3.05, 3.63) is 64.2 Å². The molecule has 0 aliphatic heterocycles. The Bertz CT molecular complexity index is 643. The number of carbonyl (C=O) groups is 1. The van der Waals surface area contributed by atoms with Gasteiger partial charge in [-0.2, -0.15) is 0 Å². The summed E-state index contributed by atoms with van der Waals surface area (Å²) < 4.78 is 26.9. The molecular formula is C14H10ClF2NO. The number of hydrogen-bond acceptors (Lipinski definition) is 1. The largest absolute Gasteiger partial charge is 0.319 e. The maximum absolute atomic E-state index is 13.6. The minimum Gasteiger partial charge on any atom is -0.319 e. The Labute approximate surface area is 114 Å². The summed E-state index contributed by atoms with van der Waals surface area (Å²) in [4.78, 5) is 11.9. The van der Waals surface area contributed by atoms with Gasteiger partial charge in [-0.15, -0.1) is 0 Å². The zero-order valence-electron chi connectivity index (χ0n) is 10.0. The maximum Gasteiger partial charge on any atom is 0.255 e. The van der Waals surface area contributed by atoms with Crippen LogP contribution in [0.4, 0.5) is 14.5 Å². The first kappa shape index (κ1) is 13.5. The molecule has 2 nitrogen and oxygen atoms in total. The predicted molar refractivity (Wildman–Crippen MR) is 70.5 cm³/mol. The average molecular weight is 282 g/mol. The first-order chi connectivity index (χ1) is 8.99. The van der Waals surface area contributed by atoms with Crippen LogP contribution in [-0.2, 0) is 0 Å². The molecule has 0 radical (unpaired) electrons. The van der Waals surface area contributed by atoms with Gasteiger partial charge in [-0.05, 0) is 36.8 Å². The van der Waals surface area contributed by atoms with E-state index in [9.17, 15) is 13.6 Å². The lowest BCUT2D eigenvalue weighted by Crippen LogP contribution is -2.13. The lowest BCUT2D eigenvalue weighted by Gasteiger charge is -2.07. The summed E-state index contributed by atoms with van der Waals surface area (Å²) in [5.41, 5.74) is 0.506. The standard InChI is InChI=1S/C14H10ClF2NO/c1-8-5-6-9(7-11(8)16)14(19)18-12-4-2-3-10(15)13(12)17/h2-7H,1H3,(H,18,19). The number of anilines is 1. The third-order valence-electron chi connectivity index (χ3n) is 2.63. The fourth-order valence-electron chi connectivity index (χ4n) is 1.53. The van der Waals surface area contributed by atoms with Crippen LogP contribution in [0, 0.1) is 18.6 Å². The van der Waals surface area contributed by atoms with E-state index in [-0.39, 0.29) is 16.3 Å². The molecule has 2 rings (SSSR count). The fourth-order valence-corrected chi connectivity index (χ4v) is 1.70. The van der Waals surface area contributed by atoms with Crippen LogP contribution in [0.15, 0.2) is 36.4 Å². The Morgan fingerprint density at radius 2 is 1.95 bits per heavy atom. The zero-order valence-corrected chi connectivity index (χ0v) is 10.8. The minimum atomic E-state index is -0.717. The van der Waals surface area contributed by atoms with E-state index in [0.717, 1.165) is 6.07 Å². The molecule has 0 heterocycles. The number of halogens is 3. The average Bonchev–Trinajstić information content (AvgIpc) is 2.38. The molecule has 0 aliphatic carbocycles. The van der Waals surface area contributed by atoms with Crippen LogP contribution in [0.3, 0.4) is 0 Å². The monoisotopic (exact) mass is 281 g/mol. The maximum atomic E-state index is 13.6. The summed E-state index contributed by atoms with van der Waals surface area (Å²) in [6, 6.07) is 8.32. The number of hydrogen-bond donors (Lipinski definition) is 1. The van der Waals surface area contributed by atoms with Crippen LogP contribution in [0.1, 0.15) is 15.9 Å². The number of aryl methyl sites for hydroxylation is 1. The summed E-state index contributed by atoms with van der Waals surface area (Å²) in [6.07, 6.45) is 0. The Morgan fingerprint density at radius 1 is 1.21 bits per heavy atom. The van der Waals surface area contributed by atoms with Crippen molar-refractivity contribution in [1.82, 2.24) is 0 Å². The van der Waals surface area contributed by atoms with Gasteiger partial charge < -0.3 is 5.32 Å². The molecule has 1 N–H and O–H groups in total. The van der Waals surface area contributed by atoms with E-state index >= 15 is 0 Å². The third kappa shape index (κ3) is 2.90. The molecule has 0 aromatic heterocycles. The van der Waals surface area contributed by atoms with Crippen molar-refractivity contribution in [2.45, 2.75) is 6.92 Å². The van der Waals surface area contributed by atoms with Gasteiger partial charge in [0.25, 0.3) is 5.91 Å². The summed E-state index contributed by atoms with van der Waals surface area (Å²) in [5, 5.41) is 2.26. The fraction of sp³-hybridized carbons (Fsp3) is 0.0714. The van der Waals surface area contributed by atoms with Crippen LogP contribution < -0.4 is 5.32 Å². The van der Waals surface area contributed by atoms with Crippen molar-refractivity contribution in [2.75, 3.05) is 5.32 Å². The van der Waals surface area contributed by atoms with Gasteiger partial charge in [0.2, 0.25) is 0 Å². The molecule has 19 heavy (non-hydrogen) atoms. The molecule has 0 saturated carbocycles. The first-order valence-electron chi connectivity index (χ1n) is 5.50. The second-order valence-corrected chi connectivity index (χ2v) is 4.43. The van der Waals surface area contributed by atoms with Gasteiger partial charge in [0, 0.05) is 5.56 Å². The molecular weight excluding hydrogens is 272 g/mol. The van der Waals surface area contributed by atoms with E-state index in [2.05, 4.69) is 5.32 Å². The van der Waals surface area contributed by atoms with Crippen LogP contribution in [0.2, 0.25) is 5.02 Å².